The topological polar surface area (TPSA) is 106 Å². The molecule has 186 valence electrons. The average molecular weight is 478 g/mol. The summed E-state index contributed by atoms with van der Waals surface area (Å²) in [5.74, 6) is 0.187. The lowest BCUT2D eigenvalue weighted by Gasteiger charge is -2.46. The number of halogens is 1. The predicted octanol–water partition coefficient (Wildman–Crippen LogP) is 2.43. The summed E-state index contributed by atoms with van der Waals surface area (Å²) in [7, 11) is 2.93. The number of hydrogen-bond donors (Lipinski definition) is 3. The molecule has 1 heterocycles. The number of nitrogens with one attached hydrogen (secondary N) is 1. The van der Waals surface area contributed by atoms with Gasteiger partial charge in [-0.15, -0.1) is 0 Å². The van der Waals surface area contributed by atoms with Crippen LogP contribution in [0.1, 0.15) is 26.3 Å². The van der Waals surface area contributed by atoms with Gasteiger partial charge in [0.2, 0.25) is 12.2 Å². The van der Waals surface area contributed by atoms with Gasteiger partial charge < -0.3 is 34.5 Å². The molecule has 0 bridgehead atoms. The predicted molar refractivity (Wildman–Crippen MR) is 123 cm³/mol. The molecular weight excluding hydrogens is 445 g/mol. The van der Waals surface area contributed by atoms with Gasteiger partial charge in [0.1, 0.15) is 35.6 Å². The Kier molecular flexibility index (Phi) is 8.14. The maximum absolute atomic E-state index is 14.0. The van der Waals surface area contributed by atoms with Crippen LogP contribution in [0.3, 0.4) is 0 Å². The smallest absolute Gasteiger partial charge is 0.229 e. The van der Waals surface area contributed by atoms with Crippen LogP contribution in [0.5, 0.6) is 11.5 Å². The Morgan fingerprint density at radius 3 is 2.53 bits per heavy atom. The van der Waals surface area contributed by atoms with Gasteiger partial charge in [0.15, 0.2) is 0 Å². The fraction of sp³-hybridized carbons (Fsp3) is 0.480. The highest BCUT2D eigenvalue weighted by molar-refractivity contribution is 5.74. The van der Waals surface area contributed by atoms with Gasteiger partial charge in [-0.2, -0.15) is 0 Å². The monoisotopic (exact) mass is 477 g/mol. The van der Waals surface area contributed by atoms with Gasteiger partial charge >= 0.3 is 0 Å². The number of methoxy groups -OCH3 is 2. The van der Waals surface area contributed by atoms with Gasteiger partial charge in [-0.25, -0.2) is 4.39 Å². The number of amides is 1. The molecule has 1 aliphatic heterocycles. The summed E-state index contributed by atoms with van der Waals surface area (Å²) in [6.07, 6.45) is -4.12. The first-order valence-electron chi connectivity index (χ1n) is 11.0. The second-order valence-corrected chi connectivity index (χ2v) is 8.74. The molecule has 2 aromatic rings. The molecular formula is C25H32FNO7. The number of ether oxygens (including phenoxy) is 4. The highest BCUT2D eigenvalue weighted by atomic mass is 19.1. The van der Waals surface area contributed by atoms with Crippen molar-refractivity contribution < 1.29 is 38.3 Å². The van der Waals surface area contributed by atoms with Gasteiger partial charge in [-0.1, -0.05) is 12.1 Å². The Morgan fingerprint density at radius 1 is 1.18 bits per heavy atom. The van der Waals surface area contributed by atoms with Crippen molar-refractivity contribution in [2.75, 3.05) is 20.8 Å². The molecule has 0 aliphatic carbocycles. The van der Waals surface area contributed by atoms with Crippen LogP contribution in [-0.2, 0) is 20.7 Å². The number of carbonyl (C=O) groups is 1. The van der Waals surface area contributed by atoms with Crippen LogP contribution in [0.15, 0.2) is 36.4 Å². The first kappa shape index (κ1) is 25.9. The molecule has 4 atom stereocenters. The average Bonchev–Trinajstić information content (AvgIpc) is 2.77. The number of aliphatic hydroxyl groups is 2. The third-order valence-corrected chi connectivity index (χ3v) is 5.84. The van der Waals surface area contributed by atoms with Crippen LogP contribution < -0.4 is 14.8 Å². The lowest BCUT2D eigenvalue weighted by molar-refractivity contribution is -0.305. The van der Waals surface area contributed by atoms with Crippen LogP contribution >= 0.6 is 0 Å². The molecule has 0 radical (unpaired) electrons. The summed E-state index contributed by atoms with van der Waals surface area (Å²) in [5.41, 5.74) is 1.04. The molecule has 34 heavy (non-hydrogen) atoms. The van der Waals surface area contributed by atoms with Crippen LogP contribution in [0.2, 0.25) is 0 Å². The Labute approximate surface area is 198 Å². The van der Waals surface area contributed by atoms with E-state index in [4.69, 9.17) is 18.9 Å². The van der Waals surface area contributed by atoms with E-state index in [0.29, 0.717) is 35.6 Å². The minimum absolute atomic E-state index is 0.162. The third-order valence-electron chi connectivity index (χ3n) is 5.84. The van der Waals surface area contributed by atoms with Crippen molar-refractivity contribution in [3.63, 3.8) is 0 Å². The minimum Gasteiger partial charge on any atom is -0.496 e. The zero-order chi connectivity index (χ0) is 25.0. The van der Waals surface area contributed by atoms with Crippen molar-refractivity contribution in [2.24, 2.45) is 0 Å². The van der Waals surface area contributed by atoms with Crippen LogP contribution in [-0.4, -0.2) is 67.1 Å². The molecule has 0 saturated carbocycles. The number of hydrogen-bond acceptors (Lipinski definition) is 7. The summed E-state index contributed by atoms with van der Waals surface area (Å²) in [6.45, 7) is 5.26. The van der Waals surface area contributed by atoms with Crippen LogP contribution in [0.4, 0.5) is 4.39 Å². The summed E-state index contributed by atoms with van der Waals surface area (Å²) < 4.78 is 36.8. The van der Waals surface area contributed by atoms with E-state index in [2.05, 4.69) is 5.32 Å². The third kappa shape index (κ3) is 5.67. The van der Waals surface area contributed by atoms with Crippen molar-refractivity contribution in [3.8, 4) is 22.6 Å². The first-order chi connectivity index (χ1) is 16.1. The lowest BCUT2D eigenvalue weighted by atomic mass is 9.89. The van der Waals surface area contributed by atoms with Gasteiger partial charge in [0, 0.05) is 32.2 Å². The second kappa shape index (κ2) is 10.7. The highest BCUT2D eigenvalue weighted by Crippen LogP contribution is 2.38. The molecule has 3 N–H and O–H groups in total. The molecule has 1 unspecified atom stereocenters. The van der Waals surface area contributed by atoms with Crippen molar-refractivity contribution in [1.82, 2.24) is 5.32 Å². The van der Waals surface area contributed by atoms with Gasteiger partial charge in [-0.05, 0) is 49.6 Å². The Bertz CT molecular complexity index is 1010. The molecule has 1 saturated heterocycles. The van der Waals surface area contributed by atoms with Crippen molar-refractivity contribution in [3.05, 3.63) is 47.8 Å². The van der Waals surface area contributed by atoms with Crippen LogP contribution in [0, 0.1) is 5.82 Å². The Hall–Kier alpha value is -2.72. The minimum atomic E-state index is -1.37. The van der Waals surface area contributed by atoms with E-state index in [1.54, 1.807) is 38.1 Å². The molecule has 0 aromatic heterocycles. The first-order valence-corrected chi connectivity index (χ1v) is 11.0. The zero-order valence-electron chi connectivity index (χ0n) is 20.0. The van der Waals surface area contributed by atoms with Crippen LogP contribution in [0.25, 0.3) is 11.1 Å². The van der Waals surface area contributed by atoms with E-state index >= 15 is 0 Å². The van der Waals surface area contributed by atoms with E-state index in [0.717, 1.165) is 5.56 Å². The SMILES string of the molecule is COc1cc(OC2OC(C)(C)[C@H](OC)[C@@H](O)[C@H]2O)cc(-c2cccc(F)c2)c1CCNC(C)=O. The van der Waals surface area contributed by atoms with Gasteiger partial charge in [0.25, 0.3) is 0 Å². The second-order valence-electron chi connectivity index (χ2n) is 8.74. The summed E-state index contributed by atoms with van der Waals surface area (Å²) in [6, 6.07) is 9.41. The fourth-order valence-corrected chi connectivity index (χ4v) is 4.24. The molecule has 9 heteroatoms. The van der Waals surface area contributed by atoms with Crippen molar-refractivity contribution >= 4 is 5.91 Å². The molecule has 1 fully saturated rings. The van der Waals surface area contributed by atoms with Gasteiger partial charge in [-0.3, -0.25) is 4.79 Å². The number of rotatable bonds is 8. The Morgan fingerprint density at radius 2 is 1.91 bits per heavy atom. The molecule has 8 nitrogen and oxygen atoms in total. The zero-order valence-corrected chi connectivity index (χ0v) is 20.0. The largest absolute Gasteiger partial charge is 0.496 e. The summed E-state index contributed by atoms with van der Waals surface area (Å²) in [5, 5.41) is 23.9. The molecule has 2 aromatic carbocycles. The highest BCUT2D eigenvalue weighted by Gasteiger charge is 2.50. The molecule has 0 spiro atoms. The van der Waals surface area contributed by atoms with E-state index in [-0.39, 0.29) is 5.91 Å². The van der Waals surface area contributed by atoms with Crippen molar-refractivity contribution in [1.29, 1.82) is 0 Å². The molecule has 3 rings (SSSR count). The van der Waals surface area contributed by atoms with E-state index < -0.39 is 36.0 Å². The van der Waals surface area contributed by atoms with E-state index in [9.17, 15) is 19.4 Å². The normalized spacial score (nSPS) is 23.9. The Balaban J connectivity index is 2.00. The standard InChI is InChI=1S/C25H32FNO7/c1-14(28)27-10-9-18-19(15-7-6-8-16(26)11-15)12-17(13-20(18)31-4)33-24-22(30)21(29)23(32-5)25(2,3)34-24/h6-8,11-13,21-24,29-30H,9-10H2,1-5H3,(H,27,28)/t21-,22+,23+,24?/m0/s1. The molecule has 1 aliphatic rings. The maximum atomic E-state index is 14.0. The quantitative estimate of drug-likeness (QED) is 0.536. The fourth-order valence-electron chi connectivity index (χ4n) is 4.24. The molecule has 1 amide bonds. The number of benzene rings is 2. The number of aliphatic hydroxyl groups excluding tert-OH is 2. The summed E-state index contributed by atoms with van der Waals surface area (Å²) >= 11 is 0. The number of carbonyl (C=O) groups excluding carboxylic acids is 1. The van der Waals surface area contributed by atoms with E-state index in [1.165, 1.54) is 33.3 Å². The van der Waals surface area contributed by atoms with E-state index in [1.807, 2.05) is 0 Å². The lowest BCUT2D eigenvalue weighted by Crippen LogP contribution is -2.63. The van der Waals surface area contributed by atoms with Gasteiger partial charge in [0.05, 0.1) is 12.7 Å². The maximum Gasteiger partial charge on any atom is 0.229 e. The van der Waals surface area contributed by atoms with Crippen molar-refractivity contribution in [2.45, 2.75) is 57.4 Å². The summed E-state index contributed by atoms with van der Waals surface area (Å²) in [4.78, 5) is 11.3.